The summed E-state index contributed by atoms with van der Waals surface area (Å²) in [6, 6.07) is 8.07. The molecule has 0 bridgehead atoms. The van der Waals surface area contributed by atoms with Crippen LogP contribution in [0.15, 0.2) is 29.8 Å². The number of rotatable bonds is 2. The molecule has 4 heteroatoms. The summed E-state index contributed by atoms with van der Waals surface area (Å²) in [6.07, 6.45) is 3.60. The average molecular weight is 300 g/mol. The van der Waals surface area contributed by atoms with Gasteiger partial charge in [-0.1, -0.05) is 23.7 Å². The van der Waals surface area contributed by atoms with Crippen LogP contribution in [0.3, 0.4) is 0 Å². The number of carbonyl (C=O) groups excluding carboxylic acids is 1. The molecule has 0 aromatic heterocycles. The van der Waals surface area contributed by atoms with Crippen LogP contribution in [0.2, 0.25) is 5.02 Å². The Morgan fingerprint density at radius 3 is 2.11 bits per heavy atom. The number of allylic oxidation sites excluding steroid dienone is 1. The fraction of sp³-hybridized carbons (Fsp3) is 0.467. The van der Waals surface area contributed by atoms with E-state index in [9.17, 15) is 4.79 Å². The number of nitrogens with zero attached hydrogens (tertiary/aromatic N) is 1. The zero-order chi connectivity index (χ0) is 13.2. The van der Waals surface area contributed by atoms with Crippen LogP contribution < -0.4 is 0 Å². The highest BCUT2D eigenvalue weighted by Gasteiger charge is 2.37. The predicted octanol–water partition coefficient (Wildman–Crippen LogP) is 3.85. The Labute approximate surface area is 125 Å². The Hall–Kier alpha value is -0.790. The fourth-order valence-corrected chi connectivity index (χ4v) is 2.95. The van der Waals surface area contributed by atoms with Crippen LogP contribution in [0, 0.1) is 0 Å². The van der Waals surface area contributed by atoms with Gasteiger partial charge in [0.25, 0.3) is 0 Å². The van der Waals surface area contributed by atoms with Gasteiger partial charge >= 0.3 is 0 Å². The Morgan fingerprint density at radius 1 is 1.16 bits per heavy atom. The van der Waals surface area contributed by atoms with Crippen molar-refractivity contribution in [1.82, 2.24) is 4.90 Å². The van der Waals surface area contributed by atoms with E-state index in [1.807, 2.05) is 12.1 Å². The summed E-state index contributed by atoms with van der Waals surface area (Å²) in [5.74, 6) is 2.07. The van der Waals surface area contributed by atoms with Crippen molar-refractivity contribution >= 4 is 29.9 Å². The zero-order valence-electron chi connectivity index (χ0n) is 11.3. The van der Waals surface area contributed by atoms with Gasteiger partial charge in [-0.05, 0) is 57.5 Å². The molecule has 0 saturated heterocycles. The van der Waals surface area contributed by atoms with Crippen molar-refractivity contribution in [2.75, 3.05) is 14.1 Å². The standard InChI is InChI=1S/C15H18ClNO.ClH/c1-17(2)15(9-7-12(11-18)8-10-15)13-3-5-14(16)6-4-13;/h3-6H,7-10H2,1-2H3;1H. The second kappa shape index (κ2) is 6.58. The lowest BCUT2D eigenvalue weighted by Gasteiger charge is -2.43. The maximum Gasteiger partial charge on any atom is 0.123 e. The summed E-state index contributed by atoms with van der Waals surface area (Å²) < 4.78 is 0. The molecule has 0 amide bonds. The van der Waals surface area contributed by atoms with Crippen molar-refractivity contribution in [2.24, 2.45) is 0 Å². The summed E-state index contributed by atoms with van der Waals surface area (Å²) in [4.78, 5) is 13.0. The van der Waals surface area contributed by atoms with Crippen LogP contribution in [0.1, 0.15) is 31.2 Å². The second-order valence-electron chi connectivity index (χ2n) is 5.14. The second-order valence-corrected chi connectivity index (χ2v) is 5.57. The molecule has 0 aliphatic heterocycles. The summed E-state index contributed by atoms with van der Waals surface area (Å²) in [6.45, 7) is 0. The number of hydrogen-bond acceptors (Lipinski definition) is 2. The van der Waals surface area contributed by atoms with Crippen molar-refractivity contribution in [3.8, 4) is 0 Å². The van der Waals surface area contributed by atoms with Crippen LogP contribution in [0.4, 0.5) is 0 Å². The summed E-state index contributed by atoms with van der Waals surface area (Å²) in [5.41, 5.74) is 2.22. The first-order chi connectivity index (χ1) is 8.58. The summed E-state index contributed by atoms with van der Waals surface area (Å²) in [5, 5.41) is 0.761. The van der Waals surface area contributed by atoms with Gasteiger partial charge in [-0.3, -0.25) is 4.90 Å². The maximum atomic E-state index is 10.7. The van der Waals surface area contributed by atoms with E-state index in [0.29, 0.717) is 0 Å². The lowest BCUT2D eigenvalue weighted by Crippen LogP contribution is -2.43. The first-order valence-electron chi connectivity index (χ1n) is 6.25. The van der Waals surface area contributed by atoms with E-state index in [0.717, 1.165) is 36.3 Å². The monoisotopic (exact) mass is 299 g/mol. The predicted molar refractivity (Wildman–Crippen MR) is 81.7 cm³/mol. The van der Waals surface area contributed by atoms with E-state index in [1.165, 1.54) is 5.56 Å². The Kier molecular flexibility index (Phi) is 5.64. The van der Waals surface area contributed by atoms with Crippen molar-refractivity contribution < 1.29 is 4.79 Å². The molecular formula is C15H19Cl2NO. The Bertz CT molecular complexity index is 465. The van der Waals surface area contributed by atoms with E-state index in [1.54, 1.807) is 0 Å². The number of halogens is 2. The Morgan fingerprint density at radius 2 is 1.68 bits per heavy atom. The SMILES string of the molecule is CN(C)C1(c2ccc(Cl)cc2)CCC(=C=O)CC1.Cl. The van der Waals surface area contributed by atoms with Gasteiger partial charge in [-0.15, -0.1) is 12.4 Å². The zero-order valence-corrected chi connectivity index (χ0v) is 12.9. The van der Waals surface area contributed by atoms with Crippen molar-refractivity contribution in [3.05, 3.63) is 40.4 Å². The van der Waals surface area contributed by atoms with E-state index in [4.69, 9.17) is 11.6 Å². The van der Waals surface area contributed by atoms with Gasteiger partial charge in [0.15, 0.2) is 0 Å². The van der Waals surface area contributed by atoms with E-state index in [-0.39, 0.29) is 17.9 Å². The lowest BCUT2D eigenvalue weighted by molar-refractivity contribution is 0.114. The molecular weight excluding hydrogens is 281 g/mol. The van der Waals surface area contributed by atoms with Crippen LogP contribution in [0.25, 0.3) is 0 Å². The average Bonchev–Trinajstić information content (AvgIpc) is 2.39. The van der Waals surface area contributed by atoms with Crippen LogP contribution in [-0.4, -0.2) is 24.9 Å². The summed E-state index contributed by atoms with van der Waals surface area (Å²) >= 11 is 5.95. The molecule has 1 aromatic rings. The van der Waals surface area contributed by atoms with Crippen LogP contribution >= 0.6 is 24.0 Å². The highest BCUT2D eigenvalue weighted by Crippen LogP contribution is 2.42. The Balaban J connectivity index is 0.00000180. The molecule has 2 rings (SSSR count). The molecule has 0 heterocycles. The van der Waals surface area contributed by atoms with Gasteiger partial charge in [0.05, 0.1) is 0 Å². The van der Waals surface area contributed by atoms with Crippen molar-refractivity contribution in [2.45, 2.75) is 31.2 Å². The molecule has 1 saturated carbocycles. The fourth-order valence-electron chi connectivity index (χ4n) is 2.82. The molecule has 2 nitrogen and oxygen atoms in total. The minimum absolute atomic E-state index is 0. The quantitative estimate of drug-likeness (QED) is 0.773. The van der Waals surface area contributed by atoms with Gasteiger partial charge in [0, 0.05) is 16.1 Å². The summed E-state index contributed by atoms with van der Waals surface area (Å²) in [7, 11) is 4.20. The smallest absolute Gasteiger partial charge is 0.123 e. The molecule has 0 N–H and O–H groups in total. The first kappa shape index (κ1) is 16.3. The lowest BCUT2D eigenvalue weighted by atomic mass is 9.74. The number of hydrogen-bond donors (Lipinski definition) is 0. The molecule has 0 unspecified atom stereocenters. The van der Waals surface area contributed by atoms with Gasteiger partial charge in [-0.25, -0.2) is 4.79 Å². The molecule has 0 radical (unpaired) electrons. The van der Waals surface area contributed by atoms with E-state index >= 15 is 0 Å². The molecule has 1 fully saturated rings. The third-order valence-corrected chi connectivity index (χ3v) is 4.31. The third kappa shape index (κ3) is 3.21. The van der Waals surface area contributed by atoms with Crippen LogP contribution in [0.5, 0.6) is 0 Å². The normalized spacial score (nSPS) is 22.8. The highest BCUT2D eigenvalue weighted by molar-refractivity contribution is 6.30. The largest absolute Gasteiger partial charge is 0.300 e. The van der Waals surface area contributed by atoms with Crippen molar-refractivity contribution in [3.63, 3.8) is 0 Å². The highest BCUT2D eigenvalue weighted by atomic mass is 35.5. The molecule has 19 heavy (non-hydrogen) atoms. The molecule has 104 valence electrons. The van der Waals surface area contributed by atoms with Crippen LogP contribution in [-0.2, 0) is 10.3 Å². The minimum Gasteiger partial charge on any atom is -0.300 e. The number of benzene rings is 1. The van der Waals surface area contributed by atoms with E-state index < -0.39 is 0 Å². The van der Waals surface area contributed by atoms with Gasteiger partial charge in [-0.2, -0.15) is 0 Å². The minimum atomic E-state index is 0. The van der Waals surface area contributed by atoms with Gasteiger partial charge < -0.3 is 0 Å². The first-order valence-corrected chi connectivity index (χ1v) is 6.62. The van der Waals surface area contributed by atoms with Crippen molar-refractivity contribution in [1.29, 1.82) is 0 Å². The maximum absolute atomic E-state index is 10.7. The molecule has 1 aliphatic carbocycles. The molecule has 0 spiro atoms. The van der Waals surface area contributed by atoms with E-state index in [2.05, 4.69) is 37.1 Å². The van der Waals surface area contributed by atoms with Gasteiger partial charge in [0.1, 0.15) is 5.94 Å². The topological polar surface area (TPSA) is 20.3 Å². The molecule has 1 aliphatic rings. The molecule has 0 atom stereocenters. The third-order valence-electron chi connectivity index (χ3n) is 4.06. The molecule has 1 aromatic carbocycles. The van der Waals surface area contributed by atoms with Gasteiger partial charge in [0.2, 0.25) is 0 Å².